The minimum atomic E-state index is -0.467. The maximum Gasteiger partial charge on any atom is 0.311 e. The fourth-order valence-electron chi connectivity index (χ4n) is 2.70. The van der Waals surface area contributed by atoms with Gasteiger partial charge in [0.05, 0.1) is 4.92 Å². The number of aromatic nitrogens is 1. The number of pyridine rings is 1. The van der Waals surface area contributed by atoms with Gasteiger partial charge in [-0.3, -0.25) is 14.9 Å². The number of hydrogen-bond donors (Lipinski definition) is 2. The molecular weight excluding hydrogens is 322 g/mol. The van der Waals surface area contributed by atoms with E-state index >= 15 is 0 Å². The van der Waals surface area contributed by atoms with Crippen molar-refractivity contribution in [2.75, 3.05) is 36.4 Å². The van der Waals surface area contributed by atoms with Gasteiger partial charge in [0.25, 0.3) is 0 Å². The van der Waals surface area contributed by atoms with Gasteiger partial charge in [0.15, 0.2) is 5.78 Å². The first-order valence-corrected chi connectivity index (χ1v) is 8.04. The number of hydrogen-bond acceptors (Lipinski definition) is 7. The second kappa shape index (κ2) is 7.27. The molecule has 0 unspecified atom stereocenters. The van der Waals surface area contributed by atoms with Crippen molar-refractivity contribution in [2.24, 2.45) is 0 Å². The highest BCUT2D eigenvalue weighted by Crippen LogP contribution is 2.29. The van der Waals surface area contributed by atoms with Gasteiger partial charge in [-0.1, -0.05) is 12.1 Å². The van der Waals surface area contributed by atoms with E-state index in [1.807, 2.05) is 0 Å². The summed E-state index contributed by atoms with van der Waals surface area (Å²) in [6, 6.07) is 9.96. The van der Waals surface area contributed by atoms with Crippen molar-refractivity contribution >= 4 is 28.8 Å². The second-order valence-electron chi connectivity index (χ2n) is 5.79. The Balaban J connectivity index is 1.93. The predicted molar refractivity (Wildman–Crippen MR) is 95.7 cm³/mol. The number of nitrogens with one attached hydrogen (secondary N) is 2. The monoisotopic (exact) mass is 341 g/mol. The number of nitrogens with zero attached hydrogens (tertiary/aromatic N) is 3. The molecule has 0 amide bonds. The third kappa shape index (κ3) is 3.92. The lowest BCUT2D eigenvalue weighted by Gasteiger charge is -2.28. The van der Waals surface area contributed by atoms with Crippen LogP contribution in [0.1, 0.15) is 17.3 Å². The molecule has 1 aromatic carbocycles. The molecule has 0 saturated carbocycles. The molecule has 2 aromatic rings. The number of anilines is 3. The molecule has 0 aliphatic carbocycles. The van der Waals surface area contributed by atoms with Gasteiger partial charge in [-0.25, -0.2) is 4.98 Å². The molecule has 1 saturated heterocycles. The zero-order valence-corrected chi connectivity index (χ0v) is 13.9. The van der Waals surface area contributed by atoms with Crippen LogP contribution in [-0.2, 0) is 0 Å². The van der Waals surface area contributed by atoms with E-state index in [0.717, 1.165) is 26.2 Å². The molecule has 0 atom stereocenters. The van der Waals surface area contributed by atoms with E-state index in [1.165, 1.54) is 13.0 Å². The van der Waals surface area contributed by atoms with Crippen LogP contribution in [-0.4, -0.2) is 41.9 Å². The lowest BCUT2D eigenvalue weighted by molar-refractivity contribution is -0.384. The van der Waals surface area contributed by atoms with Crippen LogP contribution in [0, 0.1) is 10.1 Å². The van der Waals surface area contributed by atoms with Crippen LogP contribution < -0.4 is 15.5 Å². The van der Waals surface area contributed by atoms with Gasteiger partial charge in [-0.05, 0) is 25.1 Å². The molecule has 8 nitrogen and oxygen atoms in total. The molecule has 3 rings (SSSR count). The quantitative estimate of drug-likeness (QED) is 0.489. The first kappa shape index (κ1) is 16.8. The van der Waals surface area contributed by atoms with E-state index in [9.17, 15) is 14.9 Å². The summed E-state index contributed by atoms with van der Waals surface area (Å²) in [4.78, 5) is 28.9. The number of carbonyl (C=O) groups is 1. The Morgan fingerprint density at radius 3 is 2.72 bits per heavy atom. The standard InChI is InChI=1S/C17H19N5O3/c1-12(23)13-3-2-4-14(11-13)19-17-15(22(24)25)5-6-16(20-17)21-9-7-18-8-10-21/h2-6,11,18H,7-10H2,1H3,(H,19,20). The third-order valence-electron chi connectivity index (χ3n) is 4.03. The van der Waals surface area contributed by atoms with Crippen LogP contribution in [0.2, 0.25) is 0 Å². The van der Waals surface area contributed by atoms with Crippen LogP contribution in [0.4, 0.5) is 23.0 Å². The number of piperazine rings is 1. The van der Waals surface area contributed by atoms with Crippen molar-refractivity contribution < 1.29 is 9.72 Å². The molecule has 1 aromatic heterocycles. The lowest BCUT2D eigenvalue weighted by Crippen LogP contribution is -2.43. The summed E-state index contributed by atoms with van der Waals surface area (Å²) in [5.74, 6) is 0.791. The Hall–Kier alpha value is -3.00. The lowest BCUT2D eigenvalue weighted by atomic mass is 10.1. The Kier molecular flexibility index (Phi) is 4.90. The van der Waals surface area contributed by atoms with E-state index in [4.69, 9.17) is 0 Å². The number of benzene rings is 1. The highest BCUT2D eigenvalue weighted by atomic mass is 16.6. The van der Waals surface area contributed by atoms with E-state index < -0.39 is 4.92 Å². The number of Topliss-reactive ketones (excluding diaryl/α,β-unsaturated/α-hetero) is 1. The molecule has 1 aliphatic heterocycles. The molecule has 0 bridgehead atoms. The minimum Gasteiger partial charge on any atom is -0.354 e. The maximum absolute atomic E-state index is 11.5. The Labute approximate surface area is 145 Å². The van der Waals surface area contributed by atoms with E-state index in [2.05, 4.69) is 20.5 Å². The van der Waals surface area contributed by atoms with Gasteiger partial charge in [-0.15, -0.1) is 0 Å². The minimum absolute atomic E-state index is 0.0688. The van der Waals surface area contributed by atoms with Gasteiger partial charge >= 0.3 is 5.69 Å². The zero-order valence-electron chi connectivity index (χ0n) is 13.9. The van der Waals surface area contributed by atoms with Crippen molar-refractivity contribution in [1.82, 2.24) is 10.3 Å². The van der Waals surface area contributed by atoms with Crippen LogP contribution in [0.5, 0.6) is 0 Å². The highest BCUT2D eigenvalue weighted by molar-refractivity contribution is 5.95. The van der Waals surface area contributed by atoms with Gasteiger partial charge < -0.3 is 15.5 Å². The summed E-state index contributed by atoms with van der Waals surface area (Å²) >= 11 is 0. The fraction of sp³-hybridized carbons (Fsp3) is 0.294. The largest absolute Gasteiger partial charge is 0.354 e. The number of ketones is 1. The number of carbonyl (C=O) groups excluding carboxylic acids is 1. The maximum atomic E-state index is 11.5. The van der Waals surface area contributed by atoms with Crippen molar-refractivity contribution in [3.05, 3.63) is 52.1 Å². The van der Waals surface area contributed by atoms with Crippen molar-refractivity contribution in [3.63, 3.8) is 0 Å². The predicted octanol–water partition coefficient (Wildman–Crippen LogP) is 2.35. The van der Waals surface area contributed by atoms with E-state index in [0.29, 0.717) is 17.1 Å². The molecule has 1 aliphatic rings. The molecule has 8 heteroatoms. The van der Waals surface area contributed by atoms with Crippen LogP contribution in [0.3, 0.4) is 0 Å². The topological polar surface area (TPSA) is 100 Å². The van der Waals surface area contributed by atoms with Crippen molar-refractivity contribution in [3.8, 4) is 0 Å². The molecule has 1 fully saturated rings. The summed E-state index contributed by atoms with van der Waals surface area (Å²) in [7, 11) is 0. The molecule has 0 spiro atoms. The summed E-state index contributed by atoms with van der Waals surface area (Å²) < 4.78 is 0. The molecule has 0 radical (unpaired) electrons. The van der Waals surface area contributed by atoms with Crippen LogP contribution in [0.15, 0.2) is 36.4 Å². The number of nitro groups is 1. The smallest absolute Gasteiger partial charge is 0.311 e. The van der Waals surface area contributed by atoms with Gasteiger partial charge in [-0.2, -0.15) is 0 Å². The summed E-state index contributed by atoms with van der Waals surface area (Å²) in [6.45, 7) is 4.77. The number of rotatable bonds is 5. The van der Waals surface area contributed by atoms with Crippen molar-refractivity contribution in [2.45, 2.75) is 6.92 Å². The normalized spacial score (nSPS) is 14.2. The summed E-state index contributed by atoms with van der Waals surface area (Å²) in [5, 5.41) is 17.6. The SMILES string of the molecule is CC(=O)c1cccc(Nc2nc(N3CCNCC3)ccc2[N+](=O)[O-])c1. The second-order valence-corrected chi connectivity index (χ2v) is 5.79. The highest BCUT2D eigenvalue weighted by Gasteiger charge is 2.20. The van der Waals surface area contributed by atoms with Gasteiger partial charge in [0, 0.05) is 43.5 Å². The van der Waals surface area contributed by atoms with Crippen LogP contribution in [0.25, 0.3) is 0 Å². The van der Waals surface area contributed by atoms with Gasteiger partial charge in [0.2, 0.25) is 5.82 Å². The third-order valence-corrected chi connectivity index (χ3v) is 4.03. The summed E-state index contributed by atoms with van der Waals surface area (Å²) in [6.07, 6.45) is 0. The average molecular weight is 341 g/mol. The zero-order chi connectivity index (χ0) is 17.8. The fourth-order valence-corrected chi connectivity index (χ4v) is 2.70. The van der Waals surface area contributed by atoms with Crippen LogP contribution >= 0.6 is 0 Å². The van der Waals surface area contributed by atoms with E-state index in [-0.39, 0.29) is 17.3 Å². The van der Waals surface area contributed by atoms with E-state index in [1.54, 1.807) is 30.3 Å². The molecule has 2 N–H and O–H groups in total. The van der Waals surface area contributed by atoms with Gasteiger partial charge in [0.1, 0.15) is 5.82 Å². The first-order chi connectivity index (χ1) is 12.0. The molecular formula is C17H19N5O3. The Morgan fingerprint density at radius 2 is 2.04 bits per heavy atom. The molecule has 2 heterocycles. The molecule has 25 heavy (non-hydrogen) atoms. The molecule has 130 valence electrons. The Bertz CT molecular complexity index is 803. The Morgan fingerprint density at radius 1 is 1.28 bits per heavy atom. The average Bonchev–Trinajstić information content (AvgIpc) is 2.62. The first-order valence-electron chi connectivity index (χ1n) is 8.04. The summed E-state index contributed by atoms with van der Waals surface area (Å²) in [5.41, 5.74) is 1.01. The van der Waals surface area contributed by atoms with Crippen molar-refractivity contribution in [1.29, 1.82) is 0 Å².